The summed E-state index contributed by atoms with van der Waals surface area (Å²) >= 11 is 0. The van der Waals surface area contributed by atoms with Gasteiger partial charge in [-0.2, -0.15) is 17.2 Å². The van der Waals surface area contributed by atoms with Crippen LogP contribution in [0.15, 0.2) is 11.1 Å². The Morgan fingerprint density at radius 2 is 1.57 bits per heavy atom. The van der Waals surface area contributed by atoms with Gasteiger partial charge in [0.2, 0.25) is 0 Å². The number of carbonyl (C=O) groups is 3. The Kier molecular flexibility index (Phi) is 5.34. The molecule has 0 aromatic heterocycles. The van der Waals surface area contributed by atoms with Gasteiger partial charge in [-0.25, -0.2) is 0 Å². The minimum Gasteiger partial charge on any atom is -0.333 e. The predicted octanol–water partition coefficient (Wildman–Crippen LogP) is 1.73. The number of carbonyl (C=O) groups excluding carboxylic acids is 3. The molecule has 2 fully saturated rings. The molecule has 0 bridgehead atoms. The van der Waals surface area contributed by atoms with E-state index < -0.39 is 39.1 Å². The number of halogens is 2. The first-order valence-electron chi connectivity index (χ1n) is 9.18. The smallest absolute Gasteiger partial charge is 0.333 e. The zero-order chi connectivity index (χ0) is 20.9. The normalized spacial score (nSPS) is 26.7. The number of amides is 3. The highest BCUT2D eigenvalue weighted by molar-refractivity contribution is 7.88. The molecule has 2 atom stereocenters. The Hall–Kier alpha value is -1.88. The van der Waals surface area contributed by atoms with Crippen LogP contribution in [0, 0.1) is 5.92 Å². The number of rotatable bonds is 4. The Balaban J connectivity index is 1.81. The average Bonchev–Trinajstić information content (AvgIpc) is 2.84. The van der Waals surface area contributed by atoms with Crippen LogP contribution in [0.1, 0.15) is 52.4 Å². The zero-order valence-corrected chi connectivity index (χ0v) is 16.4. The van der Waals surface area contributed by atoms with Crippen LogP contribution < -0.4 is 0 Å². The monoisotopic (exact) mass is 420 g/mol. The number of likely N-dealkylation sites (tertiary alicyclic amines) is 1. The van der Waals surface area contributed by atoms with E-state index in [1.807, 2.05) is 0 Å². The lowest BCUT2D eigenvalue weighted by atomic mass is 9.78. The van der Waals surface area contributed by atoms with Crippen LogP contribution in [0.25, 0.3) is 0 Å². The first kappa shape index (κ1) is 20.8. The molecule has 0 radical (unpaired) electrons. The molecule has 28 heavy (non-hydrogen) atoms. The van der Waals surface area contributed by atoms with Gasteiger partial charge in [-0.05, 0) is 45.4 Å². The first-order valence-corrected chi connectivity index (χ1v) is 10.6. The fourth-order valence-electron chi connectivity index (χ4n) is 4.08. The van der Waals surface area contributed by atoms with Crippen LogP contribution in [0.5, 0.6) is 0 Å². The fourth-order valence-corrected chi connectivity index (χ4v) is 4.84. The Morgan fingerprint density at radius 3 is 2.18 bits per heavy atom. The number of hydroxylamine groups is 2. The zero-order valence-electron chi connectivity index (χ0n) is 15.6. The maximum atomic E-state index is 14.7. The van der Waals surface area contributed by atoms with E-state index in [-0.39, 0.29) is 28.7 Å². The molecule has 3 rings (SSSR count). The van der Waals surface area contributed by atoms with E-state index in [1.54, 1.807) is 0 Å². The van der Waals surface area contributed by atoms with Gasteiger partial charge in [0.25, 0.3) is 11.8 Å². The molecule has 1 saturated carbocycles. The minimum absolute atomic E-state index is 0.0342. The third-order valence-corrected chi connectivity index (χ3v) is 6.96. The van der Waals surface area contributed by atoms with E-state index in [9.17, 15) is 31.6 Å². The third kappa shape index (κ3) is 3.24. The van der Waals surface area contributed by atoms with E-state index in [0.717, 1.165) is 30.6 Å². The second kappa shape index (κ2) is 7.18. The van der Waals surface area contributed by atoms with Crippen molar-refractivity contribution < 1.29 is 35.9 Å². The molecular weight excluding hydrogens is 398 g/mol. The topological polar surface area (TPSA) is 101 Å². The molecule has 3 amide bonds. The van der Waals surface area contributed by atoms with Crippen molar-refractivity contribution >= 4 is 27.8 Å². The summed E-state index contributed by atoms with van der Waals surface area (Å²) in [5.41, 5.74) is -0.230. The molecule has 2 unspecified atom stereocenters. The van der Waals surface area contributed by atoms with Crippen molar-refractivity contribution in [1.82, 2.24) is 9.96 Å². The summed E-state index contributed by atoms with van der Waals surface area (Å²) in [4.78, 5) is 37.2. The number of nitrogens with zero attached hydrogens (tertiary/aromatic N) is 2. The molecule has 1 aliphatic carbocycles. The molecule has 8 nitrogen and oxygen atoms in total. The number of piperidine rings is 1. The summed E-state index contributed by atoms with van der Waals surface area (Å²) in [7, 11) is -5.91. The van der Waals surface area contributed by atoms with Gasteiger partial charge in [0.15, 0.2) is 0 Å². The van der Waals surface area contributed by atoms with Crippen LogP contribution in [0.4, 0.5) is 8.78 Å². The molecule has 0 spiro atoms. The first-order chi connectivity index (χ1) is 13.0. The van der Waals surface area contributed by atoms with Gasteiger partial charge >= 0.3 is 21.3 Å². The standard InChI is InChI=1S/C17H22F2N2O6S/c1-10-11(2)15(23)21(14(10)22)27-28(25,26)17(18,19)16(24)20-9-5-7-12-6-3-4-8-13(12)20/h12-13H,3-9H2,1-2H3. The van der Waals surface area contributed by atoms with Crippen LogP contribution in [0.3, 0.4) is 0 Å². The van der Waals surface area contributed by atoms with Crippen molar-refractivity contribution in [3.05, 3.63) is 11.1 Å². The van der Waals surface area contributed by atoms with Crippen LogP contribution in [-0.4, -0.2) is 53.9 Å². The van der Waals surface area contributed by atoms with Crippen LogP contribution in [0.2, 0.25) is 0 Å². The Morgan fingerprint density at radius 1 is 1.04 bits per heavy atom. The van der Waals surface area contributed by atoms with E-state index in [4.69, 9.17) is 0 Å². The van der Waals surface area contributed by atoms with E-state index in [0.29, 0.717) is 12.8 Å². The van der Waals surface area contributed by atoms with Gasteiger partial charge in [-0.1, -0.05) is 12.8 Å². The lowest BCUT2D eigenvalue weighted by Crippen LogP contribution is -2.57. The van der Waals surface area contributed by atoms with Gasteiger partial charge in [0.1, 0.15) is 0 Å². The predicted molar refractivity (Wildman–Crippen MR) is 91.9 cm³/mol. The molecule has 156 valence electrons. The summed E-state index contributed by atoms with van der Waals surface area (Å²) in [6, 6.07) is -0.433. The van der Waals surface area contributed by atoms with E-state index >= 15 is 0 Å². The van der Waals surface area contributed by atoms with Crippen LogP contribution >= 0.6 is 0 Å². The van der Waals surface area contributed by atoms with Gasteiger partial charge in [0, 0.05) is 23.7 Å². The maximum absolute atomic E-state index is 14.7. The number of alkyl halides is 2. The number of hydrogen-bond acceptors (Lipinski definition) is 6. The summed E-state index contributed by atoms with van der Waals surface area (Å²) in [6.07, 6.45) is 4.40. The molecule has 3 aliphatic rings. The number of fused-ring (bicyclic) bond motifs is 1. The van der Waals surface area contributed by atoms with Crippen molar-refractivity contribution in [2.24, 2.45) is 5.92 Å². The molecule has 1 saturated heterocycles. The second-order valence-corrected chi connectivity index (χ2v) is 9.02. The molecule has 0 aromatic rings. The van der Waals surface area contributed by atoms with Crippen molar-refractivity contribution in [3.63, 3.8) is 0 Å². The van der Waals surface area contributed by atoms with Crippen molar-refractivity contribution in [3.8, 4) is 0 Å². The summed E-state index contributed by atoms with van der Waals surface area (Å²) in [6.45, 7) is 2.52. The molecule has 0 N–H and O–H groups in total. The largest absolute Gasteiger partial charge is 0.449 e. The molecule has 0 aromatic carbocycles. The fraction of sp³-hybridized carbons (Fsp3) is 0.706. The number of imide groups is 1. The molecule has 11 heteroatoms. The summed E-state index contributed by atoms with van der Waals surface area (Å²) in [5.74, 6) is -4.11. The quantitative estimate of drug-likeness (QED) is 0.642. The Labute approximate surface area is 161 Å². The average molecular weight is 420 g/mol. The highest BCUT2D eigenvalue weighted by atomic mass is 32.2. The van der Waals surface area contributed by atoms with E-state index in [1.165, 1.54) is 13.8 Å². The second-order valence-electron chi connectivity index (χ2n) is 7.45. The SMILES string of the molecule is CC1=C(C)C(=O)N(OS(=O)(=O)C(F)(F)C(=O)N2CCCC3CCCCC32)C1=O. The highest BCUT2D eigenvalue weighted by Crippen LogP contribution is 2.38. The lowest BCUT2D eigenvalue weighted by molar-refractivity contribution is -0.167. The molecular formula is C17H22F2N2O6S. The van der Waals surface area contributed by atoms with Crippen molar-refractivity contribution in [2.75, 3.05) is 6.54 Å². The minimum atomic E-state index is -5.91. The summed E-state index contributed by atoms with van der Waals surface area (Å²) < 4.78 is 57.8. The van der Waals surface area contributed by atoms with Crippen molar-refractivity contribution in [1.29, 1.82) is 0 Å². The van der Waals surface area contributed by atoms with E-state index in [2.05, 4.69) is 4.28 Å². The third-order valence-electron chi connectivity index (χ3n) is 5.81. The highest BCUT2D eigenvalue weighted by Gasteiger charge is 2.60. The Bertz CT molecular complexity index is 828. The van der Waals surface area contributed by atoms with Gasteiger partial charge in [-0.3, -0.25) is 14.4 Å². The van der Waals surface area contributed by atoms with Gasteiger partial charge in [0.05, 0.1) is 0 Å². The number of hydrogen-bond donors (Lipinski definition) is 0. The lowest BCUT2D eigenvalue weighted by Gasteiger charge is -2.44. The van der Waals surface area contributed by atoms with Gasteiger partial charge in [-0.15, -0.1) is 9.35 Å². The summed E-state index contributed by atoms with van der Waals surface area (Å²) in [5, 5.41) is -5.15. The maximum Gasteiger partial charge on any atom is 0.449 e. The van der Waals surface area contributed by atoms with Crippen molar-refractivity contribution in [2.45, 2.75) is 63.7 Å². The van der Waals surface area contributed by atoms with Crippen LogP contribution in [-0.2, 0) is 28.8 Å². The molecule has 2 aliphatic heterocycles. The van der Waals surface area contributed by atoms with Gasteiger partial charge < -0.3 is 4.90 Å². The molecule has 2 heterocycles.